The number of hydrogen-bond acceptors (Lipinski definition) is 11. The lowest BCUT2D eigenvalue weighted by atomic mass is 9.97. The number of amides is 2. The molecular weight excluding hydrogens is 432 g/mol. The van der Waals surface area contributed by atoms with Crippen molar-refractivity contribution in [3.8, 4) is 0 Å². The van der Waals surface area contributed by atoms with Gasteiger partial charge in [-0.25, -0.2) is 0 Å². The third kappa shape index (κ3) is 12.0. The second kappa shape index (κ2) is 18.1. The highest BCUT2D eigenvalue weighted by molar-refractivity contribution is 5.75. The molecule has 1 rings (SSSR count). The van der Waals surface area contributed by atoms with Gasteiger partial charge in [0.05, 0.1) is 59.5 Å². The lowest BCUT2D eigenvalue weighted by Gasteiger charge is -2.40. The fraction of sp³-hybridized carbons (Fsp3) is 0.895. The number of hydrogen-bond donors (Lipinski definition) is 5. The van der Waals surface area contributed by atoms with Gasteiger partial charge in [-0.1, -0.05) is 0 Å². The number of methoxy groups -OCH3 is 1. The first-order valence-corrected chi connectivity index (χ1v) is 10.5. The number of rotatable bonds is 19. The number of ether oxygens (including phenoxy) is 6. The maximum atomic E-state index is 11.3. The molecule has 0 radical (unpaired) electrons. The highest BCUT2D eigenvalue weighted by Crippen LogP contribution is 2.20. The Hall–Kier alpha value is -1.42. The highest BCUT2D eigenvalue weighted by atomic mass is 16.6. The average Bonchev–Trinajstić information content (AvgIpc) is 2.78. The van der Waals surface area contributed by atoms with E-state index in [1.54, 1.807) is 7.11 Å². The molecule has 1 fully saturated rings. The molecule has 0 spiro atoms. The third-order valence-corrected chi connectivity index (χ3v) is 4.48. The Kier molecular flexibility index (Phi) is 16.1. The van der Waals surface area contributed by atoms with Crippen molar-refractivity contribution in [2.24, 2.45) is 0 Å². The predicted molar refractivity (Wildman–Crippen MR) is 109 cm³/mol. The molecule has 32 heavy (non-hydrogen) atoms. The largest absolute Gasteiger partial charge is 0.388 e. The molecule has 1 aliphatic rings. The Bertz CT molecular complexity index is 500. The molecule has 13 heteroatoms. The van der Waals surface area contributed by atoms with Crippen LogP contribution in [0.5, 0.6) is 0 Å². The molecule has 0 saturated carbocycles. The van der Waals surface area contributed by atoms with Gasteiger partial charge in [-0.15, -0.1) is 0 Å². The normalized spacial score (nSPS) is 25.4. The molecule has 0 aromatic carbocycles. The molecule has 1 heterocycles. The van der Waals surface area contributed by atoms with Gasteiger partial charge in [0.2, 0.25) is 12.3 Å². The van der Waals surface area contributed by atoms with Gasteiger partial charge >= 0.3 is 0 Å². The highest BCUT2D eigenvalue weighted by Gasteiger charge is 2.43. The van der Waals surface area contributed by atoms with Crippen LogP contribution in [0.3, 0.4) is 0 Å². The Morgan fingerprint density at radius 1 is 0.906 bits per heavy atom. The average molecular weight is 469 g/mol. The number of aliphatic hydroxyl groups is 3. The van der Waals surface area contributed by atoms with Gasteiger partial charge in [-0.2, -0.15) is 0 Å². The van der Waals surface area contributed by atoms with E-state index < -0.39 is 30.6 Å². The third-order valence-electron chi connectivity index (χ3n) is 4.48. The molecule has 5 N–H and O–H groups in total. The number of nitrogens with one attached hydrogen (secondary N) is 2. The molecule has 188 valence electrons. The topological polar surface area (TPSA) is 174 Å². The molecule has 0 aliphatic carbocycles. The maximum absolute atomic E-state index is 11.3. The fourth-order valence-corrected chi connectivity index (χ4v) is 2.75. The Morgan fingerprint density at radius 3 is 2.09 bits per heavy atom. The van der Waals surface area contributed by atoms with Gasteiger partial charge in [0.25, 0.3) is 0 Å². The van der Waals surface area contributed by atoms with Crippen molar-refractivity contribution < 1.29 is 53.3 Å². The van der Waals surface area contributed by atoms with Gasteiger partial charge < -0.3 is 54.4 Å². The van der Waals surface area contributed by atoms with Crippen LogP contribution in [0.4, 0.5) is 0 Å². The van der Waals surface area contributed by atoms with Crippen LogP contribution in [0.15, 0.2) is 0 Å². The van der Waals surface area contributed by atoms with Crippen LogP contribution in [0.25, 0.3) is 0 Å². The zero-order valence-corrected chi connectivity index (χ0v) is 18.3. The van der Waals surface area contributed by atoms with Crippen LogP contribution < -0.4 is 10.6 Å². The molecule has 1 saturated heterocycles. The molecule has 2 amide bonds. The number of aliphatic hydroxyl groups excluding tert-OH is 3. The van der Waals surface area contributed by atoms with Crippen LogP contribution in [-0.4, -0.2) is 131 Å². The van der Waals surface area contributed by atoms with Crippen LogP contribution in [0.2, 0.25) is 0 Å². The minimum atomic E-state index is -1.45. The van der Waals surface area contributed by atoms with E-state index in [1.807, 2.05) is 0 Å². The summed E-state index contributed by atoms with van der Waals surface area (Å²) in [5.74, 6) is -0.0778. The second-order valence-electron chi connectivity index (χ2n) is 6.86. The number of carbonyl (C=O) groups excluding carboxylic acids is 2. The lowest BCUT2D eigenvalue weighted by Crippen LogP contribution is -2.63. The van der Waals surface area contributed by atoms with E-state index in [9.17, 15) is 24.9 Å². The minimum absolute atomic E-state index is 0.0624. The molecule has 0 aromatic heterocycles. The van der Waals surface area contributed by atoms with E-state index in [2.05, 4.69) is 10.6 Å². The van der Waals surface area contributed by atoms with E-state index in [0.717, 1.165) is 0 Å². The van der Waals surface area contributed by atoms with Crippen LogP contribution in [0, 0.1) is 0 Å². The molecule has 1 aliphatic heterocycles. The maximum Gasteiger partial charge on any atom is 0.222 e. The minimum Gasteiger partial charge on any atom is -0.388 e. The van der Waals surface area contributed by atoms with Crippen molar-refractivity contribution in [2.75, 3.05) is 73.1 Å². The van der Waals surface area contributed by atoms with E-state index >= 15 is 0 Å². The molecule has 0 bridgehead atoms. The monoisotopic (exact) mass is 468 g/mol. The van der Waals surface area contributed by atoms with Crippen LogP contribution in [0.1, 0.15) is 6.42 Å². The van der Waals surface area contributed by atoms with Crippen molar-refractivity contribution in [3.63, 3.8) is 0 Å². The first-order valence-electron chi connectivity index (χ1n) is 10.5. The van der Waals surface area contributed by atoms with Crippen molar-refractivity contribution in [2.45, 2.75) is 37.1 Å². The zero-order valence-electron chi connectivity index (χ0n) is 18.3. The molecule has 0 unspecified atom stereocenters. The summed E-state index contributed by atoms with van der Waals surface area (Å²) < 4.78 is 31.3. The fourth-order valence-electron chi connectivity index (χ4n) is 2.75. The van der Waals surface area contributed by atoms with Gasteiger partial charge in [0, 0.05) is 20.1 Å². The summed E-state index contributed by atoms with van der Waals surface area (Å²) in [5, 5.41) is 34.6. The summed E-state index contributed by atoms with van der Waals surface area (Å²) >= 11 is 0. The SMILES string of the molecule is COCCC(=O)NCCOCCOCCOCCOC[C@H]1O[C@@H](O)[C@@H](NC=O)[C@@H](O)[C@H]1O. The van der Waals surface area contributed by atoms with Gasteiger partial charge in [-0.3, -0.25) is 9.59 Å². The summed E-state index contributed by atoms with van der Waals surface area (Å²) in [6, 6.07) is -1.11. The van der Waals surface area contributed by atoms with Crippen LogP contribution >= 0.6 is 0 Å². The summed E-state index contributed by atoms with van der Waals surface area (Å²) in [4.78, 5) is 21.8. The predicted octanol–water partition coefficient (Wildman–Crippen LogP) is -3.24. The quantitative estimate of drug-likeness (QED) is 0.0952. The van der Waals surface area contributed by atoms with E-state index in [4.69, 9.17) is 28.4 Å². The zero-order chi connectivity index (χ0) is 23.6. The van der Waals surface area contributed by atoms with Gasteiger partial charge in [0.15, 0.2) is 6.29 Å². The Labute approximate surface area is 187 Å². The first-order chi connectivity index (χ1) is 15.5. The number of carbonyl (C=O) groups is 2. The summed E-state index contributed by atoms with van der Waals surface area (Å²) in [5.41, 5.74) is 0. The summed E-state index contributed by atoms with van der Waals surface area (Å²) in [6.07, 6.45) is -4.45. The van der Waals surface area contributed by atoms with Gasteiger partial charge in [-0.05, 0) is 0 Å². The van der Waals surface area contributed by atoms with Crippen molar-refractivity contribution in [3.05, 3.63) is 0 Å². The smallest absolute Gasteiger partial charge is 0.222 e. The Morgan fingerprint density at radius 2 is 1.50 bits per heavy atom. The van der Waals surface area contributed by atoms with E-state index in [1.165, 1.54) is 0 Å². The lowest BCUT2D eigenvalue weighted by molar-refractivity contribution is -0.256. The van der Waals surface area contributed by atoms with Gasteiger partial charge in [0.1, 0.15) is 24.4 Å². The summed E-state index contributed by atoms with van der Waals surface area (Å²) in [6.45, 7) is 3.21. The molecule has 5 atom stereocenters. The first kappa shape index (κ1) is 28.6. The second-order valence-corrected chi connectivity index (χ2v) is 6.86. The summed E-state index contributed by atoms with van der Waals surface area (Å²) in [7, 11) is 1.54. The Balaban J connectivity index is 1.90. The van der Waals surface area contributed by atoms with Crippen molar-refractivity contribution >= 4 is 12.3 Å². The standard InChI is InChI=1S/C19H36N2O11/c1-27-4-2-15(23)20-3-5-28-6-7-29-8-9-30-10-11-31-12-14-17(24)18(25)16(21-13-22)19(26)32-14/h13-14,16-19,24-26H,2-12H2,1H3,(H,20,23)(H,21,22)/t14-,16+,17+,18-,19-/m1/s1. The molecule has 0 aromatic rings. The van der Waals surface area contributed by atoms with Crippen LogP contribution in [-0.2, 0) is 38.0 Å². The van der Waals surface area contributed by atoms with E-state index in [0.29, 0.717) is 59.0 Å². The van der Waals surface area contributed by atoms with Crippen molar-refractivity contribution in [1.82, 2.24) is 10.6 Å². The molecule has 13 nitrogen and oxygen atoms in total. The van der Waals surface area contributed by atoms with E-state index in [-0.39, 0.29) is 25.7 Å². The van der Waals surface area contributed by atoms with Crippen molar-refractivity contribution in [1.29, 1.82) is 0 Å². The molecular formula is C19H36N2O11.